The van der Waals surface area contributed by atoms with Crippen molar-refractivity contribution >= 4 is 40.4 Å². The molecule has 0 aliphatic carbocycles. The summed E-state index contributed by atoms with van der Waals surface area (Å²) >= 11 is 6.04. The molecule has 32 heavy (non-hydrogen) atoms. The van der Waals surface area contributed by atoms with E-state index in [1.54, 1.807) is 31.2 Å². The van der Waals surface area contributed by atoms with Crippen molar-refractivity contribution in [2.75, 3.05) is 10.2 Å². The van der Waals surface area contributed by atoms with Gasteiger partial charge in [0, 0.05) is 16.8 Å². The summed E-state index contributed by atoms with van der Waals surface area (Å²) in [6.45, 7) is 5.52. The molecule has 1 N–H and O–H groups in total. The van der Waals surface area contributed by atoms with Crippen molar-refractivity contribution in [1.82, 2.24) is 0 Å². The van der Waals surface area contributed by atoms with Gasteiger partial charge in [0.2, 0.25) is 0 Å². The first kappa shape index (κ1) is 21.7. The van der Waals surface area contributed by atoms with Gasteiger partial charge < -0.3 is 5.32 Å². The quantitative estimate of drug-likeness (QED) is 0.498. The Bertz CT molecular complexity index is 1320. The zero-order chi connectivity index (χ0) is 23.2. The zero-order valence-electron chi connectivity index (χ0n) is 17.6. The molecule has 0 unspecified atom stereocenters. The molecule has 0 bridgehead atoms. The van der Waals surface area contributed by atoms with Gasteiger partial charge in [-0.05, 0) is 67.8 Å². The van der Waals surface area contributed by atoms with Crippen molar-refractivity contribution < 1.29 is 18.4 Å². The lowest BCUT2D eigenvalue weighted by Gasteiger charge is -2.18. The number of carbonyl (C=O) groups is 2. The Morgan fingerprint density at radius 1 is 0.812 bits per heavy atom. The van der Waals surface area contributed by atoms with Crippen LogP contribution in [0, 0.1) is 32.4 Å². The van der Waals surface area contributed by atoms with Crippen LogP contribution in [0.4, 0.5) is 20.2 Å². The van der Waals surface area contributed by atoms with Crippen molar-refractivity contribution in [2.45, 2.75) is 20.8 Å². The molecule has 4 nitrogen and oxygen atoms in total. The molecule has 162 valence electrons. The topological polar surface area (TPSA) is 49.4 Å². The average Bonchev–Trinajstić information content (AvgIpc) is 2.95. The number of benzene rings is 3. The first-order chi connectivity index (χ1) is 15.2. The van der Waals surface area contributed by atoms with Crippen LogP contribution in [0.5, 0.6) is 0 Å². The number of anilines is 2. The number of halogens is 3. The van der Waals surface area contributed by atoms with Crippen molar-refractivity contribution in [3.8, 4) is 0 Å². The minimum Gasteiger partial charge on any atom is -0.350 e. The minimum absolute atomic E-state index is 0.0117. The molecule has 4 rings (SSSR count). The van der Waals surface area contributed by atoms with E-state index in [-0.39, 0.29) is 17.0 Å². The van der Waals surface area contributed by atoms with Crippen LogP contribution in [0.1, 0.15) is 22.3 Å². The number of hydrogen-bond donors (Lipinski definition) is 1. The second-order valence-electron chi connectivity index (χ2n) is 7.70. The molecule has 0 spiro atoms. The summed E-state index contributed by atoms with van der Waals surface area (Å²) in [5.41, 5.74) is 3.73. The van der Waals surface area contributed by atoms with Crippen molar-refractivity contribution in [2.24, 2.45) is 0 Å². The second-order valence-corrected chi connectivity index (χ2v) is 8.14. The van der Waals surface area contributed by atoms with E-state index in [2.05, 4.69) is 5.32 Å². The van der Waals surface area contributed by atoms with Crippen molar-refractivity contribution in [3.63, 3.8) is 0 Å². The van der Waals surface area contributed by atoms with Gasteiger partial charge in [0.15, 0.2) is 11.6 Å². The molecule has 3 aromatic rings. The highest BCUT2D eigenvalue weighted by atomic mass is 35.5. The van der Waals surface area contributed by atoms with E-state index in [4.69, 9.17) is 11.6 Å². The fourth-order valence-corrected chi connectivity index (χ4v) is 4.02. The van der Waals surface area contributed by atoms with Crippen LogP contribution >= 0.6 is 11.6 Å². The van der Waals surface area contributed by atoms with Crippen LogP contribution in [0.2, 0.25) is 5.02 Å². The van der Waals surface area contributed by atoms with Crippen LogP contribution in [-0.2, 0) is 9.59 Å². The smallest absolute Gasteiger partial charge is 0.282 e. The number of hydrogen-bond acceptors (Lipinski definition) is 3. The molecule has 0 saturated heterocycles. The van der Waals surface area contributed by atoms with Crippen LogP contribution in [0.15, 0.2) is 60.3 Å². The maximum absolute atomic E-state index is 13.8. The predicted molar refractivity (Wildman–Crippen MR) is 121 cm³/mol. The lowest BCUT2D eigenvalue weighted by atomic mass is 9.97. The summed E-state index contributed by atoms with van der Waals surface area (Å²) in [7, 11) is 0. The number of imide groups is 1. The average molecular weight is 453 g/mol. The fourth-order valence-electron chi connectivity index (χ4n) is 3.80. The van der Waals surface area contributed by atoms with E-state index in [9.17, 15) is 18.4 Å². The molecule has 0 radical (unpaired) electrons. The van der Waals surface area contributed by atoms with E-state index in [1.807, 2.05) is 26.0 Å². The van der Waals surface area contributed by atoms with Crippen LogP contribution in [-0.4, -0.2) is 11.8 Å². The van der Waals surface area contributed by atoms with E-state index >= 15 is 0 Å². The molecule has 7 heteroatoms. The van der Waals surface area contributed by atoms with Gasteiger partial charge in [-0.3, -0.25) is 9.59 Å². The molecule has 3 aromatic carbocycles. The van der Waals surface area contributed by atoms with Crippen LogP contribution in [0.25, 0.3) is 5.57 Å². The number of carbonyl (C=O) groups excluding carboxylic acids is 2. The highest BCUT2D eigenvalue weighted by Crippen LogP contribution is 2.37. The monoisotopic (exact) mass is 452 g/mol. The van der Waals surface area contributed by atoms with E-state index in [0.29, 0.717) is 21.8 Å². The number of nitrogens with one attached hydrogen (secondary N) is 1. The van der Waals surface area contributed by atoms with Crippen molar-refractivity contribution in [3.05, 3.63) is 99.2 Å². The molecule has 0 aromatic heterocycles. The summed E-state index contributed by atoms with van der Waals surface area (Å²) in [5.74, 6) is -3.19. The third-order valence-electron chi connectivity index (χ3n) is 5.32. The Labute approximate surface area is 189 Å². The van der Waals surface area contributed by atoms with Gasteiger partial charge in [-0.25, -0.2) is 13.7 Å². The van der Waals surface area contributed by atoms with Gasteiger partial charge in [-0.2, -0.15) is 0 Å². The Morgan fingerprint density at radius 2 is 1.56 bits per heavy atom. The third kappa shape index (κ3) is 3.78. The van der Waals surface area contributed by atoms with Gasteiger partial charge in [-0.1, -0.05) is 35.4 Å². The number of amides is 2. The van der Waals surface area contributed by atoms with Gasteiger partial charge in [-0.15, -0.1) is 0 Å². The first-order valence-corrected chi connectivity index (χ1v) is 10.2. The maximum Gasteiger partial charge on any atom is 0.282 e. The Kier molecular flexibility index (Phi) is 5.57. The molecule has 2 amide bonds. The summed E-state index contributed by atoms with van der Waals surface area (Å²) in [5, 5.41) is 3.32. The zero-order valence-corrected chi connectivity index (χ0v) is 18.3. The SMILES string of the molecule is Cc1ccc(C2=C(Nc3ccc(F)c(F)c3)C(=O)N(c3ccc(Cl)cc3C)C2=O)c(C)c1. The molecule has 0 atom stereocenters. The summed E-state index contributed by atoms with van der Waals surface area (Å²) in [4.78, 5) is 28.1. The highest BCUT2D eigenvalue weighted by molar-refractivity contribution is 6.46. The number of aryl methyl sites for hydroxylation is 3. The molecule has 1 heterocycles. The molecular weight excluding hydrogens is 434 g/mol. The van der Waals surface area contributed by atoms with Crippen LogP contribution in [0.3, 0.4) is 0 Å². The Hall–Kier alpha value is -3.51. The summed E-state index contributed by atoms with van der Waals surface area (Å²) in [6, 6.07) is 13.6. The first-order valence-electron chi connectivity index (χ1n) is 9.86. The second kappa shape index (κ2) is 8.20. The predicted octanol–water partition coefficient (Wildman–Crippen LogP) is 5.94. The van der Waals surface area contributed by atoms with Gasteiger partial charge >= 0.3 is 0 Å². The molecule has 0 saturated carbocycles. The molecular formula is C25H19ClF2N2O2. The largest absolute Gasteiger partial charge is 0.350 e. The fraction of sp³-hybridized carbons (Fsp3) is 0.120. The molecule has 1 aliphatic heterocycles. The summed E-state index contributed by atoms with van der Waals surface area (Å²) in [6.07, 6.45) is 0. The minimum atomic E-state index is -1.06. The van der Waals surface area contributed by atoms with Gasteiger partial charge in [0.05, 0.1) is 11.3 Å². The van der Waals surface area contributed by atoms with Gasteiger partial charge in [0.25, 0.3) is 11.8 Å². The number of rotatable bonds is 4. The van der Waals surface area contributed by atoms with Crippen LogP contribution < -0.4 is 10.2 Å². The van der Waals surface area contributed by atoms with Gasteiger partial charge in [0.1, 0.15) is 5.70 Å². The van der Waals surface area contributed by atoms with Crippen molar-refractivity contribution in [1.29, 1.82) is 0 Å². The third-order valence-corrected chi connectivity index (χ3v) is 5.56. The molecule has 1 aliphatic rings. The van der Waals surface area contributed by atoms with E-state index in [0.717, 1.165) is 28.2 Å². The lowest BCUT2D eigenvalue weighted by Crippen LogP contribution is -2.33. The Balaban J connectivity index is 1.88. The summed E-state index contributed by atoms with van der Waals surface area (Å²) < 4.78 is 27.2. The highest BCUT2D eigenvalue weighted by Gasteiger charge is 2.41. The van der Waals surface area contributed by atoms with E-state index < -0.39 is 23.4 Å². The molecule has 0 fully saturated rings. The lowest BCUT2D eigenvalue weighted by molar-refractivity contribution is -0.120. The normalized spacial score (nSPS) is 13.9. The van der Waals surface area contributed by atoms with E-state index in [1.165, 1.54) is 6.07 Å². The standard InChI is InChI=1S/C25H19ClF2N2O2/c1-13-4-7-18(14(2)10-13)22-23(29-17-6-8-19(27)20(28)12-17)25(32)30(24(22)31)21-9-5-16(26)11-15(21)3/h4-12,29H,1-3H3. The number of nitrogens with zero attached hydrogens (tertiary/aromatic N) is 1. The Morgan fingerprint density at radius 3 is 2.22 bits per heavy atom. The maximum atomic E-state index is 13.8.